The monoisotopic (exact) mass is 310 g/mol. The quantitative estimate of drug-likeness (QED) is 0.889. The van der Waals surface area contributed by atoms with Gasteiger partial charge in [-0.15, -0.1) is 0 Å². The number of hydrogen-bond donors (Lipinski definition) is 1. The molecule has 1 N–H and O–H groups in total. The Hall–Kier alpha value is -3.00. The summed E-state index contributed by atoms with van der Waals surface area (Å²) in [6, 6.07) is 16.3. The molecule has 0 aliphatic carbocycles. The first-order chi connectivity index (χ1) is 11.1. The lowest BCUT2D eigenvalue weighted by atomic mass is 10.1. The second kappa shape index (κ2) is 7.85. The highest BCUT2D eigenvalue weighted by Gasteiger charge is 2.15. The van der Waals surface area contributed by atoms with Crippen molar-refractivity contribution in [3.63, 3.8) is 0 Å². The van der Waals surface area contributed by atoms with Crippen molar-refractivity contribution < 1.29 is 14.3 Å². The maximum Gasteiger partial charge on any atom is 0.265 e. The van der Waals surface area contributed by atoms with Gasteiger partial charge in [0.15, 0.2) is 6.10 Å². The molecule has 5 heteroatoms. The number of nitriles is 1. The predicted molar refractivity (Wildman–Crippen MR) is 87.5 cm³/mol. The molecule has 118 valence electrons. The molecule has 0 heterocycles. The largest absolute Gasteiger partial charge is 0.497 e. The molecule has 0 spiro atoms. The van der Waals surface area contributed by atoms with Crippen LogP contribution < -0.4 is 14.8 Å². The summed E-state index contributed by atoms with van der Waals surface area (Å²) in [5.41, 5.74) is 1.57. The van der Waals surface area contributed by atoms with Crippen LogP contribution in [0.2, 0.25) is 0 Å². The second-order valence-corrected chi connectivity index (χ2v) is 4.96. The van der Waals surface area contributed by atoms with E-state index in [0.717, 1.165) is 5.56 Å². The van der Waals surface area contributed by atoms with E-state index in [1.807, 2.05) is 12.1 Å². The Morgan fingerprint density at radius 2 is 1.91 bits per heavy atom. The average Bonchev–Trinajstić information content (AvgIpc) is 2.57. The number of ether oxygens (including phenoxy) is 2. The lowest BCUT2D eigenvalue weighted by Crippen LogP contribution is -2.30. The van der Waals surface area contributed by atoms with E-state index in [2.05, 4.69) is 11.4 Å². The first-order valence-electron chi connectivity index (χ1n) is 7.20. The van der Waals surface area contributed by atoms with Crippen molar-refractivity contribution in [3.8, 4) is 17.6 Å². The minimum atomic E-state index is -0.652. The van der Waals surface area contributed by atoms with Gasteiger partial charge in [-0.3, -0.25) is 4.79 Å². The van der Waals surface area contributed by atoms with Gasteiger partial charge in [-0.25, -0.2) is 0 Å². The first-order valence-corrected chi connectivity index (χ1v) is 7.20. The van der Waals surface area contributed by atoms with Crippen molar-refractivity contribution in [2.45, 2.75) is 19.4 Å². The highest BCUT2D eigenvalue weighted by Crippen LogP contribution is 2.20. The van der Waals surface area contributed by atoms with Gasteiger partial charge in [0.25, 0.3) is 5.91 Å². The number of amides is 1. The van der Waals surface area contributed by atoms with Gasteiger partial charge >= 0.3 is 0 Å². The van der Waals surface area contributed by atoms with Gasteiger partial charge in [0.05, 0.1) is 19.6 Å². The molecule has 5 nitrogen and oxygen atoms in total. The predicted octanol–water partition coefficient (Wildman–Crippen LogP) is 3.17. The third-order valence-electron chi connectivity index (χ3n) is 3.23. The molecule has 2 aromatic carbocycles. The summed E-state index contributed by atoms with van der Waals surface area (Å²) in [4.78, 5) is 12.2. The molecule has 0 saturated carbocycles. The normalized spacial score (nSPS) is 11.2. The van der Waals surface area contributed by atoms with Crippen LogP contribution in [-0.4, -0.2) is 19.1 Å². The molecular weight excluding hydrogens is 292 g/mol. The Balaban J connectivity index is 1.95. The molecular formula is C18H18N2O3. The zero-order valence-electron chi connectivity index (χ0n) is 13.1. The van der Waals surface area contributed by atoms with Gasteiger partial charge in [-0.05, 0) is 36.8 Å². The number of rotatable bonds is 6. The summed E-state index contributed by atoms with van der Waals surface area (Å²) in [5.74, 6) is 0.986. The maximum atomic E-state index is 12.2. The summed E-state index contributed by atoms with van der Waals surface area (Å²) in [6.07, 6.45) is -0.301. The standard InChI is InChI=1S/C18H18N2O3/c1-13(23-17-5-3-4-16(12-17)22-2)18(21)20-15-8-6-14(7-9-15)10-11-19/h3-9,12-13H,10H2,1-2H3,(H,20,21)/t13-/m1/s1. The Morgan fingerprint density at radius 3 is 2.57 bits per heavy atom. The highest BCUT2D eigenvalue weighted by atomic mass is 16.5. The number of benzene rings is 2. The number of hydrogen-bond acceptors (Lipinski definition) is 4. The van der Waals surface area contributed by atoms with Crippen LogP contribution in [0.3, 0.4) is 0 Å². The van der Waals surface area contributed by atoms with E-state index in [0.29, 0.717) is 23.6 Å². The van der Waals surface area contributed by atoms with Gasteiger partial charge in [0.2, 0.25) is 0 Å². The van der Waals surface area contributed by atoms with E-state index in [1.165, 1.54) is 0 Å². The van der Waals surface area contributed by atoms with Crippen LogP contribution in [-0.2, 0) is 11.2 Å². The van der Waals surface area contributed by atoms with Crippen LogP contribution in [0.4, 0.5) is 5.69 Å². The number of anilines is 1. The van der Waals surface area contributed by atoms with Gasteiger partial charge < -0.3 is 14.8 Å². The summed E-state index contributed by atoms with van der Waals surface area (Å²) in [5, 5.41) is 11.4. The van der Waals surface area contributed by atoms with E-state index in [9.17, 15) is 4.79 Å². The zero-order valence-corrected chi connectivity index (χ0v) is 13.1. The molecule has 0 bridgehead atoms. The van der Waals surface area contributed by atoms with Crippen molar-refractivity contribution in [3.05, 3.63) is 54.1 Å². The summed E-state index contributed by atoms with van der Waals surface area (Å²) < 4.78 is 10.7. The first kappa shape index (κ1) is 16.4. The molecule has 0 radical (unpaired) electrons. The van der Waals surface area contributed by atoms with Gasteiger partial charge in [-0.1, -0.05) is 18.2 Å². The fraction of sp³-hybridized carbons (Fsp3) is 0.222. The van der Waals surface area contributed by atoms with Gasteiger partial charge in [0, 0.05) is 11.8 Å². The smallest absolute Gasteiger partial charge is 0.265 e. The molecule has 2 rings (SSSR count). The molecule has 0 aliphatic heterocycles. The van der Waals surface area contributed by atoms with Crippen LogP contribution in [0, 0.1) is 11.3 Å². The minimum absolute atomic E-state index is 0.249. The van der Waals surface area contributed by atoms with Gasteiger partial charge in [-0.2, -0.15) is 5.26 Å². The SMILES string of the molecule is COc1cccc(O[C@H](C)C(=O)Nc2ccc(CC#N)cc2)c1. The van der Waals surface area contributed by atoms with E-state index < -0.39 is 6.10 Å². The fourth-order valence-electron chi connectivity index (χ4n) is 1.97. The molecule has 0 aliphatic rings. The lowest BCUT2D eigenvalue weighted by Gasteiger charge is -2.15. The van der Waals surface area contributed by atoms with E-state index in [1.54, 1.807) is 50.4 Å². The molecule has 0 aromatic heterocycles. The average molecular weight is 310 g/mol. The minimum Gasteiger partial charge on any atom is -0.497 e. The molecule has 2 aromatic rings. The van der Waals surface area contributed by atoms with Crippen molar-refractivity contribution in [2.24, 2.45) is 0 Å². The number of nitrogens with one attached hydrogen (secondary N) is 1. The fourth-order valence-corrected chi connectivity index (χ4v) is 1.97. The number of methoxy groups -OCH3 is 1. The van der Waals surface area contributed by atoms with Crippen molar-refractivity contribution in [1.29, 1.82) is 5.26 Å². The molecule has 23 heavy (non-hydrogen) atoms. The Kier molecular flexibility index (Phi) is 5.59. The van der Waals surface area contributed by atoms with Crippen molar-refractivity contribution >= 4 is 11.6 Å². The van der Waals surface area contributed by atoms with Crippen molar-refractivity contribution in [1.82, 2.24) is 0 Å². The van der Waals surface area contributed by atoms with Crippen LogP contribution in [0.15, 0.2) is 48.5 Å². The topological polar surface area (TPSA) is 71.3 Å². The summed E-state index contributed by atoms with van der Waals surface area (Å²) in [6.45, 7) is 1.68. The summed E-state index contributed by atoms with van der Waals surface area (Å²) >= 11 is 0. The third-order valence-corrected chi connectivity index (χ3v) is 3.23. The summed E-state index contributed by atoms with van der Waals surface area (Å²) in [7, 11) is 1.57. The molecule has 0 saturated heterocycles. The molecule has 0 fully saturated rings. The van der Waals surface area contributed by atoms with Crippen LogP contribution in [0.5, 0.6) is 11.5 Å². The van der Waals surface area contributed by atoms with Crippen molar-refractivity contribution in [2.75, 3.05) is 12.4 Å². The third kappa shape index (κ3) is 4.75. The number of nitrogens with zero attached hydrogens (tertiary/aromatic N) is 1. The van der Waals surface area contributed by atoms with E-state index in [-0.39, 0.29) is 5.91 Å². The number of carbonyl (C=O) groups is 1. The van der Waals surface area contributed by atoms with Gasteiger partial charge in [0.1, 0.15) is 11.5 Å². The molecule has 0 unspecified atom stereocenters. The second-order valence-electron chi connectivity index (χ2n) is 4.96. The van der Waals surface area contributed by atoms with Crippen LogP contribution >= 0.6 is 0 Å². The maximum absolute atomic E-state index is 12.2. The Labute approximate surface area is 135 Å². The van der Waals surface area contributed by atoms with Crippen LogP contribution in [0.25, 0.3) is 0 Å². The van der Waals surface area contributed by atoms with Crippen LogP contribution in [0.1, 0.15) is 12.5 Å². The zero-order chi connectivity index (χ0) is 16.7. The van der Waals surface area contributed by atoms with E-state index >= 15 is 0 Å². The highest BCUT2D eigenvalue weighted by molar-refractivity contribution is 5.94. The lowest BCUT2D eigenvalue weighted by molar-refractivity contribution is -0.122. The molecule has 1 atom stereocenters. The molecule has 1 amide bonds. The van der Waals surface area contributed by atoms with E-state index in [4.69, 9.17) is 14.7 Å². The Bertz CT molecular complexity index is 705. The number of carbonyl (C=O) groups excluding carboxylic acids is 1. The Morgan fingerprint density at radius 1 is 1.22 bits per heavy atom.